The molecular weight excluding hydrogens is 420 g/mol. The summed E-state index contributed by atoms with van der Waals surface area (Å²) in [6, 6.07) is 40.0. The molecule has 0 aromatic heterocycles. The molecule has 0 fully saturated rings. The van der Waals surface area contributed by atoms with E-state index < -0.39 is 5.41 Å². The largest absolute Gasteiger partial charge is 0.0801 e. The highest BCUT2D eigenvalue weighted by atomic mass is 14.4. The predicted octanol–water partition coefficient (Wildman–Crippen LogP) is 8.76. The van der Waals surface area contributed by atoms with Crippen LogP contribution in [0, 0.1) is 0 Å². The van der Waals surface area contributed by atoms with Gasteiger partial charge in [0.05, 0.1) is 5.41 Å². The minimum absolute atomic E-state index is 0.453. The van der Waals surface area contributed by atoms with Gasteiger partial charge in [0.2, 0.25) is 0 Å². The van der Waals surface area contributed by atoms with Crippen molar-refractivity contribution in [1.29, 1.82) is 0 Å². The van der Waals surface area contributed by atoms with Gasteiger partial charge in [-0.05, 0) is 57.4 Å². The Labute approximate surface area is 208 Å². The minimum atomic E-state index is -0.453. The summed E-state index contributed by atoms with van der Waals surface area (Å²) < 4.78 is 0. The second-order valence-corrected chi connectivity index (χ2v) is 9.22. The summed E-state index contributed by atoms with van der Waals surface area (Å²) in [5, 5.41) is 0. The van der Waals surface area contributed by atoms with Crippen molar-refractivity contribution >= 4 is 11.1 Å². The molecule has 4 aromatic carbocycles. The highest BCUT2D eigenvalue weighted by molar-refractivity contribution is 5.87. The minimum Gasteiger partial charge on any atom is -0.0801 e. The first-order valence-corrected chi connectivity index (χ1v) is 12.4. The standard InChI is InChI=1S/C35H28/c1-4-19-29(20-5-1)35(30-21-6-2-7-22-30,31-23-8-3-9-24-31)33-26-14-25-32(27-15-10-11-16-27)34(33)28-17-12-13-18-28/h1-15,17,19-26H,16,18H2. The van der Waals surface area contributed by atoms with E-state index in [0.717, 1.165) is 12.8 Å². The Balaban J connectivity index is 1.77. The van der Waals surface area contributed by atoms with Crippen LogP contribution in [0.15, 0.2) is 146 Å². The van der Waals surface area contributed by atoms with Gasteiger partial charge in [0.1, 0.15) is 0 Å². The van der Waals surface area contributed by atoms with Crippen molar-refractivity contribution in [2.24, 2.45) is 0 Å². The summed E-state index contributed by atoms with van der Waals surface area (Å²) in [5.41, 5.74) is 10.2. The molecule has 0 heterocycles. The molecule has 2 aliphatic rings. The van der Waals surface area contributed by atoms with Gasteiger partial charge in [-0.1, -0.05) is 146 Å². The first kappa shape index (κ1) is 21.4. The summed E-state index contributed by atoms with van der Waals surface area (Å²) in [6.07, 6.45) is 15.4. The average molecular weight is 449 g/mol. The van der Waals surface area contributed by atoms with Crippen LogP contribution in [0.2, 0.25) is 0 Å². The fourth-order valence-electron chi connectivity index (χ4n) is 5.79. The third-order valence-electron chi connectivity index (χ3n) is 7.30. The van der Waals surface area contributed by atoms with Crippen molar-refractivity contribution in [3.8, 4) is 0 Å². The molecule has 0 aliphatic heterocycles. The van der Waals surface area contributed by atoms with Gasteiger partial charge < -0.3 is 0 Å². The normalized spacial score (nSPS) is 14.7. The Hall–Kier alpha value is -4.16. The fourth-order valence-corrected chi connectivity index (χ4v) is 5.79. The summed E-state index contributed by atoms with van der Waals surface area (Å²) in [7, 11) is 0. The van der Waals surface area contributed by atoms with E-state index in [9.17, 15) is 0 Å². The van der Waals surface area contributed by atoms with Gasteiger partial charge in [-0.15, -0.1) is 0 Å². The van der Waals surface area contributed by atoms with Crippen molar-refractivity contribution < 1.29 is 0 Å². The van der Waals surface area contributed by atoms with Crippen LogP contribution in [0.1, 0.15) is 46.2 Å². The lowest BCUT2D eigenvalue weighted by Gasteiger charge is -2.39. The lowest BCUT2D eigenvalue weighted by molar-refractivity contribution is 0.741. The Morgan fingerprint density at radius 2 is 0.943 bits per heavy atom. The molecule has 0 nitrogen and oxygen atoms in total. The van der Waals surface area contributed by atoms with Crippen LogP contribution in [0.4, 0.5) is 0 Å². The molecule has 0 amide bonds. The van der Waals surface area contributed by atoms with Crippen molar-refractivity contribution in [3.63, 3.8) is 0 Å². The Morgan fingerprint density at radius 3 is 1.40 bits per heavy atom. The molecule has 4 aromatic rings. The van der Waals surface area contributed by atoms with E-state index in [0.29, 0.717) is 0 Å². The van der Waals surface area contributed by atoms with E-state index in [2.05, 4.69) is 146 Å². The monoisotopic (exact) mass is 448 g/mol. The zero-order valence-corrected chi connectivity index (χ0v) is 19.8. The molecule has 0 N–H and O–H groups in total. The number of rotatable bonds is 6. The lowest BCUT2D eigenvalue weighted by Crippen LogP contribution is -2.32. The van der Waals surface area contributed by atoms with Gasteiger partial charge in [0.25, 0.3) is 0 Å². The Bertz CT molecular complexity index is 1350. The van der Waals surface area contributed by atoms with Crippen LogP contribution < -0.4 is 0 Å². The summed E-state index contributed by atoms with van der Waals surface area (Å²) in [4.78, 5) is 0. The quantitative estimate of drug-likeness (QED) is 0.259. The van der Waals surface area contributed by atoms with Crippen LogP contribution in [-0.4, -0.2) is 0 Å². The van der Waals surface area contributed by atoms with E-state index in [4.69, 9.17) is 0 Å². The van der Waals surface area contributed by atoms with Gasteiger partial charge in [-0.3, -0.25) is 0 Å². The van der Waals surface area contributed by atoms with Gasteiger partial charge >= 0.3 is 0 Å². The SMILES string of the molecule is C1=CCC(c2cccc(C(c3ccccc3)(c3ccccc3)c3ccccc3)c2C2=CC=CC2)=C1. The second-order valence-electron chi connectivity index (χ2n) is 9.22. The average Bonchev–Trinajstić information content (AvgIpc) is 3.66. The molecule has 35 heavy (non-hydrogen) atoms. The third-order valence-corrected chi connectivity index (χ3v) is 7.30. The highest BCUT2D eigenvalue weighted by Gasteiger charge is 2.40. The maximum Gasteiger partial charge on any atom is 0.0707 e. The molecule has 0 unspecified atom stereocenters. The zero-order chi connectivity index (χ0) is 23.5. The van der Waals surface area contributed by atoms with Crippen molar-refractivity contribution in [3.05, 3.63) is 179 Å². The molecule has 0 atom stereocenters. The zero-order valence-electron chi connectivity index (χ0n) is 19.8. The van der Waals surface area contributed by atoms with E-state index >= 15 is 0 Å². The third kappa shape index (κ3) is 3.63. The fraction of sp³-hybridized carbons (Fsp3) is 0.0857. The molecule has 0 radical (unpaired) electrons. The predicted molar refractivity (Wildman–Crippen MR) is 148 cm³/mol. The summed E-state index contributed by atoms with van der Waals surface area (Å²) in [6.45, 7) is 0. The molecule has 0 heteroatoms. The molecule has 0 spiro atoms. The molecular formula is C35H28. The van der Waals surface area contributed by atoms with E-state index in [1.807, 2.05) is 0 Å². The first-order chi connectivity index (χ1) is 17.4. The van der Waals surface area contributed by atoms with E-state index in [-0.39, 0.29) is 0 Å². The molecule has 0 bridgehead atoms. The van der Waals surface area contributed by atoms with Crippen molar-refractivity contribution in [1.82, 2.24) is 0 Å². The Kier molecular flexibility index (Phi) is 5.64. The topological polar surface area (TPSA) is 0 Å². The van der Waals surface area contributed by atoms with Gasteiger partial charge in [-0.25, -0.2) is 0 Å². The molecule has 2 aliphatic carbocycles. The van der Waals surface area contributed by atoms with E-state index in [1.165, 1.54) is 44.5 Å². The van der Waals surface area contributed by atoms with Crippen molar-refractivity contribution in [2.45, 2.75) is 18.3 Å². The lowest BCUT2D eigenvalue weighted by atomic mass is 9.62. The number of benzene rings is 4. The number of hydrogen-bond donors (Lipinski definition) is 0. The number of hydrogen-bond acceptors (Lipinski definition) is 0. The van der Waals surface area contributed by atoms with Crippen LogP contribution in [0.5, 0.6) is 0 Å². The molecule has 6 rings (SSSR count). The Morgan fingerprint density at radius 1 is 0.457 bits per heavy atom. The van der Waals surface area contributed by atoms with Crippen LogP contribution in [0.25, 0.3) is 11.1 Å². The van der Waals surface area contributed by atoms with Crippen LogP contribution in [0.3, 0.4) is 0 Å². The second kappa shape index (κ2) is 9.24. The first-order valence-electron chi connectivity index (χ1n) is 12.4. The molecule has 168 valence electrons. The maximum atomic E-state index is 2.36. The molecule has 0 saturated heterocycles. The van der Waals surface area contributed by atoms with Crippen LogP contribution in [-0.2, 0) is 5.41 Å². The van der Waals surface area contributed by atoms with Gasteiger partial charge in [-0.2, -0.15) is 0 Å². The smallest absolute Gasteiger partial charge is 0.0707 e. The van der Waals surface area contributed by atoms with Crippen LogP contribution >= 0.6 is 0 Å². The van der Waals surface area contributed by atoms with E-state index in [1.54, 1.807) is 0 Å². The summed E-state index contributed by atoms with van der Waals surface area (Å²) >= 11 is 0. The van der Waals surface area contributed by atoms with Crippen molar-refractivity contribution in [2.75, 3.05) is 0 Å². The maximum absolute atomic E-state index is 2.36. The van der Waals surface area contributed by atoms with Gasteiger partial charge in [0, 0.05) is 0 Å². The highest BCUT2D eigenvalue weighted by Crippen LogP contribution is 2.49. The van der Waals surface area contributed by atoms with Gasteiger partial charge in [0.15, 0.2) is 0 Å². The molecule has 0 saturated carbocycles. The summed E-state index contributed by atoms with van der Waals surface area (Å²) in [5.74, 6) is 0. The number of allylic oxidation sites excluding steroid dienone is 8.